The number of likely N-dealkylation sites (tertiary alicyclic amines) is 1. The molecule has 5 nitrogen and oxygen atoms in total. The molecule has 0 radical (unpaired) electrons. The van der Waals surface area contributed by atoms with Crippen molar-refractivity contribution >= 4 is 28.7 Å². The highest BCUT2D eigenvalue weighted by atomic mass is 32.2. The van der Waals surface area contributed by atoms with E-state index in [2.05, 4.69) is 21.8 Å². The molecule has 1 aliphatic rings. The SMILES string of the molecule is CCC1CCCCN1C(=O)C(C)Sc1nc2ccc(OC)cc2[nH]1. The summed E-state index contributed by atoms with van der Waals surface area (Å²) in [5, 5.41) is 0.642. The van der Waals surface area contributed by atoms with Crippen LogP contribution in [-0.2, 0) is 4.79 Å². The summed E-state index contributed by atoms with van der Waals surface area (Å²) in [6.07, 6.45) is 4.51. The summed E-state index contributed by atoms with van der Waals surface area (Å²) in [5.74, 6) is 1.02. The Bertz CT molecular complexity index is 715. The lowest BCUT2D eigenvalue weighted by atomic mass is 10.00. The van der Waals surface area contributed by atoms with Crippen LogP contribution >= 0.6 is 11.8 Å². The van der Waals surface area contributed by atoms with E-state index in [1.54, 1.807) is 7.11 Å². The Hall–Kier alpha value is -1.69. The van der Waals surface area contributed by atoms with Crippen LogP contribution in [0.15, 0.2) is 23.4 Å². The third-order valence-electron chi connectivity index (χ3n) is 4.68. The van der Waals surface area contributed by atoms with Gasteiger partial charge in [0.1, 0.15) is 5.75 Å². The summed E-state index contributed by atoms with van der Waals surface area (Å²) in [7, 11) is 1.65. The predicted octanol–water partition coefficient (Wildman–Crippen LogP) is 3.84. The summed E-state index contributed by atoms with van der Waals surface area (Å²) in [6.45, 7) is 5.03. The van der Waals surface area contributed by atoms with Gasteiger partial charge in [-0.2, -0.15) is 0 Å². The first-order chi connectivity index (χ1) is 11.6. The van der Waals surface area contributed by atoms with Crippen LogP contribution in [0.4, 0.5) is 0 Å². The molecule has 1 aromatic carbocycles. The van der Waals surface area contributed by atoms with Gasteiger partial charge >= 0.3 is 0 Å². The third kappa shape index (κ3) is 3.53. The molecule has 0 aliphatic carbocycles. The van der Waals surface area contributed by atoms with Gasteiger partial charge in [0.15, 0.2) is 5.16 Å². The molecule has 3 rings (SSSR count). The Kier molecular flexibility index (Phi) is 5.33. The predicted molar refractivity (Wildman–Crippen MR) is 97.6 cm³/mol. The van der Waals surface area contributed by atoms with Crippen molar-refractivity contribution in [2.75, 3.05) is 13.7 Å². The average Bonchev–Trinajstić information content (AvgIpc) is 3.02. The third-order valence-corrected chi connectivity index (χ3v) is 5.66. The fourth-order valence-corrected chi connectivity index (χ4v) is 4.21. The molecule has 2 atom stereocenters. The van der Waals surface area contributed by atoms with E-state index in [-0.39, 0.29) is 11.2 Å². The topological polar surface area (TPSA) is 58.2 Å². The summed E-state index contributed by atoms with van der Waals surface area (Å²) in [6, 6.07) is 6.15. The van der Waals surface area contributed by atoms with E-state index in [0.29, 0.717) is 6.04 Å². The maximum absolute atomic E-state index is 12.8. The number of rotatable bonds is 5. The van der Waals surface area contributed by atoms with E-state index in [9.17, 15) is 4.79 Å². The Morgan fingerprint density at radius 1 is 1.50 bits per heavy atom. The number of aromatic nitrogens is 2. The Morgan fingerprint density at radius 3 is 3.08 bits per heavy atom. The maximum Gasteiger partial charge on any atom is 0.236 e. The minimum atomic E-state index is -0.139. The fourth-order valence-electron chi connectivity index (χ4n) is 3.31. The van der Waals surface area contributed by atoms with Crippen LogP contribution in [0.25, 0.3) is 11.0 Å². The number of fused-ring (bicyclic) bond motifs is 1. The van der Waals surface area contributed by atoms with Gasteiger partial charge in [0.2, 0.25) is 5.91 Å². The maximum atomic E-state index is 12.8. The number of amides is 1. The molecule has 0 spiro atoms. The van der Waals surface area contributed by atoms with Gasteiger partial charge in [-0.1, -0.05) is 18.7 Å². The number of benzene rings is 1. The van der Waals surface area contributed by atoms with Crippen LogP contribution in [-0.4, -0.2) is 45.7 Å². The van der Waals surface area contributed by atoms with Crippen LogP contribution in [0.3, 0.4) is 0 Å². The lowest BCUT2D eigenvalue weighted by Crippen LogP contribution is -2.46. The number of piperidine rings is 1. The van der Waals surface area contributed by atoms with Crippen molar-refractivity contribution in [1.82, 2.24) is 14.9 Å². The largest absolute Gasteiger partial charge is 0.497 e. The van der Waals surface area contributed by atoms with Crippen LogP contribution in [0, 0.1) is 0 Å². The second-order valence-electron chi connectivity index (χ2n) is 6.27. The second kappa shape index (κ2) is 7.47. The second-order valence-corrected chi connectivity index (χ2v) is 7.60. The standard InChI is InChI=1S/C18H25N3O2S/c1-4-13-7-5-6-10-21(13)17(22)12(2)24-18-19-15-9-8-14(23-3)11-16(15)20-18/h8-9,11-13H,4-7,10H2,1-3H3,(H,19,20). The first-order valence-electron chi connectivity index (χ1n) is 8.63. The number of methoxy groups -OCH3 is 1. The van der Waals surface area contributed by atoms with Gasteiger partial charge in [-0.05, 0) is 44.7 Å². The highest BCUT2D eigenvalue weighted by Crippen LogP contribution is 2.28. The zero-order valence-corrected chi connectivity index (χ0v) is 15.4. The van der Waals surface area contributed by atoms with Gasteiger partial charge in [-0.25, -0.2) is 4.98 Å². The van der Waals surface area contributed by atoms with E-state index in [1.165, 1.54) is 18.2 Å². The lowest BCUT2D eigenvalue weighted by Gasteiger charge is -2.36. The van der Waals surface area contributed by atoms with Crippen molar-refractivity contribution in [2.24, 2.45) is 0 Å². The summed E-state index contributed by atoms with van der Waals surface area (Å²) < 4.78 is 5.24. The summed E-state index contributed by atoms with van der Waals surface area (Å²) in [4.78, 5) is 22.8. The van der Waals surface area contributed by atoms with E-state index in [1.807, 2.05) is 25.1 Å². The van der Waals surface area contributed by atoms with Gasteiger partial charge in [-0.15, -0.1) is 0 Å². The Balaban J connectivity index is 1.71. The first kappa shape index (κ1) is 17.1. The molecular weight excluding hydrogens is 322 g/mol. The molecule has 1 amide bonds. The molecule has 2 heterocycles. The number of ether oxygens (including phenoxy) is 1. The molecule has 2 unspecified atom stereocenters. The highest BCUT2D eigenvalue weighted by molar-refractivity contribution is 8.00. The van der Waals surface area contributed by atoms with Crippen LogP contribution in [0.2, 0.25) is 0 Å². The molecule has 1 saturated heterocycles. The molecule has 1 fully saturated rings. The number of nitrogens with one attached hydrogen (secondary N) is 1. The number of hydrogen-bond donors (Lipinski definition) is 1. The number of carbonyl (C=O) groups is 1. The van der Waals surface area contributed by atoms with Crippen molar-refractivity contribution in [3.8, 4) is 5.75 Å². The van der Waals surface area contributed by atoms with Crippen LogP contribution in [0.5, 0.6) is 5.75 Å². The van der Waals surface area contributed by atoms with Gasteiger partial charge in [-0.3, -0.25) is 4.79 Å². The monoisotopic (exact) mass is 347 g/mol. The molecule has 24 heavy (non-hydrogen) atoms. The number of imidazole rings is 1. The summed E-state index contributed by atoms with van der Waals surface area (Å²) in [5.41, 5.74) is 1.82. The normalized spacial score (nSPS) is 19.5. The zero-order valence-electron chi connectivity index (χ0n) is 14.5. The number of nitrogens with zero attached hydrogens (tertiary/aromatic N) is 2. The number of thioether (sulfide) groups is 1. The minimum Gasteiger partial charge on any atom is -0.497 e. The van der Waals surface area contributed by atoms with E-state index in [4.69, 9.17) is 4.74 Å². The van der Waals surface area contributed by atoms with E-state index in [0.717, 1.165) is 47.7 Å². The zero-order chi connectivity index (χ0) is 17.1. The number of aromatic amines is 1. The minimum absolute atomic E-state index is 0.139. The van der Waals surface area contributed by atoms with Gasteiger partial charge in [0.05, 0.1) is 23.4 Å². The Labute approximate surface area is 147 Å². The number of hydrogen-bond acceptors (Lipinski definition) is 4. The Morgan fingerprint density at radius 2 is 2.33 bits per heavy atom. The van der Waals surface area contributed by atoms with Crippen molar-refractivity contribution < 1.29 is 9.53 Å². The first-order valence-corrected chi connectivity index (χ1v) is 9.51. The highest BCUT2D eigenvalue weighted by Gasteiger charge is 2.29. The molecular formula is C18H25N3O2S. The van der Waals surface area contributed by atoms with Crippen molar-refractivity contribution in [3.63, 3.8) is 0 Å². The molecule has 2 aromatic rings. The van der Waals surface area contributed by atoms with Crippen LogP contribution in [0.1, 0.15) is 39.5 Å². The quantitative estimate of drug-likeness (QED) is 0.835. The molecule has 0 bridgehead atoms. The van der Waals surface area contributed by atoms with Gasteiger partial charge < -0.3 is 14.6 Å². The summed E-state index contributed by atoms with van der Waals surface area (Å²) >= 11 is 1.50. The van der Waals surface area contributed by atoms with Crippen molar-refractivity contribution in [3.05, 3.63) is 18.2 Å². The van der Waals surface area contributed by atoms with Gasteiger partial charge in [0.25, 0.3) is 0 Å². The molecule has 1 aliphatic heterocycles. The smallest absolute Gasteiger partial charge is 0.236 e. The molecule has 1 aromatic heterocycles. The van der Waals surface area contributed by atoms with Crippen molar-refractivity contribution in [2.45, 2.75) is 56.0 Å². The fraction of sp³-hybridized carbons (Fsp3) is 0.556. The molecule has 1 N–H and O–H groups in total. The number of carbonyl (C=O) groups excluding carboxylic acids is 1. The molecule has 130 valence electrons. The van der Waals surface area contributed by atoms with E-state index >= 15 is 0 Å². The van der Waals surface area contributed by atoms with Crippen molar-refractivity contribution in [1.29, 1.82) is 0 Å². The molecule has 6 heteroatoms. The van der Waals surface area contributed by atoms with E-state index < -0.39 is 0 Å². The average molecular weight is 347 g/mol. The molecule has 0 saturated carbocycles. The van der Waals surface area contributed by atoms with Crippen LogP contribution < -0.4 is 4.74 Å². The lowest BCUT2D eigenvalue weighted by molar-refractivity contribution is -0.134. The number of H-pyrrole nitrogens is 1. The van der Waals surface area contributed by atoms with Gasteiger partial charge in [0, 0.05) is 18.7 Å².